The van der Waals surface area contributed by atoms with Gasteiger partial charge in [0.1, 0.15) is 0 Å². The Morgan fingerprint density at radius 2 is 1.68 bits per heavy atom. The second kappa shape index (κ2) is 9.63. The molecular formula is C15H28N4O3. The first-order chi connectivity index (χ1) is 10.8. The average Bonchev–Trinajstić information content (AvgIpc) is 3.08. The monoisotopic (exact) mass is 312 g/mol. The smallest absolute Gasteiger partial charge is 0.315 e. The van der Waals surface area contributed by atoms with Crippen molar-refractivity contribution in [2.24, 2.45) is 0 Å². The maximum atomic E-state index is 11.8. The Morgan fingerprint density at radius 1 is 0.955 bits per heavy atom. The first-order valence-corrected chi connectivity index (χ1v) is 8.35. The molecule has 0 saturated carbocycles. The molecule has 0 aromatic rings. The van der Waals surface area contributed by atoms with E-state index in [1.165, 1.54) is 0 Å². The largest absolute Gasteiger partial charge is 0.379 e. The quantitative estimate of drug-likeness (QED) is 0.650. The summed E-state index contributed by atoms with van der Waals surface area (Å²) in [5.41, 5.74) is 0. The van der Waals surface area contributed by atoms with Crippen LogP contribution in [-0.2, 0) is 9.53 Å². The Balaban J connectivity index is 1.44. The van der Waals surface area contributed by atoms with Gasteiger partial charge in [-0.1, -0.05) is 0 Å². The summed E-state index contributed by atoms with van der Waals surface area (Å²) < 4.78 is 5.30. The molecule has 0 unspecified atom stereocenters. The van der Waals surface area contributed by atoms with E-state index in [2.05, 4.69) is 15.5 Å². The number of carbonyl (C=O) groups is 2. The van der Waals surface area contributed by atoms with Crippen LogP contribution in [0.5, 0.6) is 0 Å². The molecule has 22 heavy (non-hydrogen) atoms. The van der Waals surface area contributed by atoms with Crippen LogP contribution in [0, 0.1) is 0 Å². The number of urea groups is 1. The summed E-state index contributed by atoms with van der Waals surface area (Å²) in [5, 5.41) is 5.43. The Kier molecular flexibility index (Phi) is 7.45. The van der Waals surface area contributed by atoms with Gasteiger partial charge < -0.3 is 20.3 Å². The van der Waals surface area contributed by atoms with E-state index >= 15 is 0 Å². The molecular weight excluding hydrogens is 284 g/mol. The summed E-state index contributed by atoms with van der Waals surface area (Å²) in [6, 6.07) is -0.251. The maximum Gasteiger partial charge on any atom is 0.315 e. The summed E-state index contributed by atoms with van der Waals surface area (Å²) in [5.74, 6) is 0.0139. The zero-order valence-corrected chi connectivity index (χ0v) is 13.3. The summed E-state index contributed by atoms with van der Waals surface area (Å²) >= 11 is 0. The van der Waals surface area contributed by atoms with Crippen molar-refractivity contribution in [3.05, 3.63) is 0 Å². The fourth-order valence-electron chi connectivity index (χ4n) is 2.78. The molecule has 0 aromatic carbocycles. The van der Waals surface area contributed by atoms with Crippen molar-refractivity contribution in [2.75, 3.05) is 59.0 Å². The number of hydrogen-bond acceptors (Lipinski definition) is 4. The average molecular weight is 312 g/mol. The van der Waals surface area contributed by atoms with E-state index in [-0.39, 0.29) is 18.5 Å². The Bertz CT molecular complexity index is 353. The number of ether oxygens (including phenoxy) is 1. The van der Waals surface area contributed by atoms with Crippen molar-refractivity contribution in [1.29, 1.82) is 0 Å². The van der Waals surface area contributed by atoms with Crippen LogP contribution in [0.2, 0.25) is 0 Å². The predicted molar refractivity (Wildman–Crippen MR) is 83.7 cm³/mol. The number of nitrogens with one attached hydrogen (secondary N) is 2. The lowest BCUT2D eigenvalue weighted by molar-refractivity contribution is -0.128. The first-order valence-electron chi connectivity index (χ1n) is 8.35. The number of amides is 3. The standard InChI is InChI=1S/C15H28N4O3/c20-14(19-7-3-4-8-19)13-17-15(21)16-5-1-2-6-18-9-11-22-12-10-18/h1-13H2,(H2,16,17,21). The minimum absolute atomic E-state index is 0.0139. The fourth-order valence-corrected chi connectivity index (χ4v) is 2.78. The number of unbranched alkanes of at least 4 members (excludes halogenated alkanes) is 1. The summed E-state index contributed by atoms with van der Waals surface area (Å²) in [7, 11) is 0. The van der Waals surface area contributed by atoms with Crippen LogP contribution in [0.25, 0.3) is 0 Å². The van der Waals surface area contributed by atoms with Gasteiger partial charge in [0, 0.05) is 32.7 Å². The van der Waals surface area contributed by atoms with Crippen molar-refractivity contribution in [1.82, 2.24) is 20.4 Å². The summed E-state index contributed by atoms with van der Waals surface area (Å²) in [6.45, 7) is 7.11. The molecule has 0 atom stereocenters. The van der Waals surface area contributed by atoms with Gasteiger partial charge in [0.25, 0.3) is 0 Å². The minimum Gasteiger partial charge on any atom is -0.379 e. The van der Waals surface area contributed by atoms with Crippen LogP contribution in [0.3, 0.4) is 0 Å². The van der Waals surface area contributed by atoms with E-state index in [1.807, 2.05) is 4.90 Å². The van der Waals surface area contributed by atoms with Crippen LogP contribution in [0.15, 0.2) is 0 Å². The van der Waals surface area contributed by atoms with Gasteiger partial charge in [-0.05, 0) is 32.2 Å². The predicted octanol–water partition coefficient (Wildman–Crippen LogP) is 0.0204. The Morgan fingerprint density at radius 3 is 2.41 bits per heavy atom. The third-order valence-electron chi connectivity index (χ3n) is 4.15. The zero-order chi connectivity index (χ0) is 15.6. The fraction of sp³-hybridized carbons (Fsp3) is 0.867. The van der Waals surface area contributed by atoms with Crippen LogP contribution >= 0.6 is 0 Å². The van der Waals surface area contributed by atoms with Gasteiger partial charge in [-0.2, -0.15) is 0 Å². The molecule has 2 fully saturated rings. The second-order valence-electron chi connectivity index (χ2n) is 5.86. The number of morpholine rings is 1. The highest BCUT2D eigenvalue weighted by Crippen LogP contribution is 2.06. The van der Waals surface area contributed by atoms with Crippen molar-refractivity contribution >= 4 is 11.9 Å². The highest BCUT2D eigenvalue weighted by Gasteiger charge is 2.17. The van der Waals surface area contributed by atoms with Crippen LogP contribution < -0.4 is 10.6 Å². The van der Waals surface area contributed by atoms with Crippen molar-refractivity contribution in [3.8, 4) is 0 Å². The van der Waals surface area contributed by atoms with Gasteiger partial charge in [0.05, 0.1) is 19.8 Å². The topological polar surface area (TPSA) is 73.9 Å². The van der Waals surface area contributed by atoms with Crippen LogP contribution in [0.4, 0.5) is 4.79 Å². The molecule has 2 aliphatic rings. The van der Waals surface area contributed by atoms with E-state index in [1.54, 1.807) is 0 Å². The molecule has 2 saturated heterocycles. The van der Waals surface area contributed by atoms with Gasteiger partial charge in [-0.3, -0.25) is 9.69 Å². The number of nitrogens with zero attached hydrogens (tertiary/aromatic N) is 2. The van der Waals surface area contributed by atoms with Crippen molar-refractivity contribution in [3.63, 3.8) is 0 Å². The molecule has 0 radical (unpaired) electrons. The molecule has 0 aromatic heterocycles. The Hall–Kier alpha value is -1.34. The highest BCUT2D eigenvalue weighted by molar-refractivity contribution is 5.84. The third-order valence-corrected chi connectivity index (χ3v) is 4.15. The number of carbonyl (C=O) groups excluding carboxylic acids is 2. The molecule has 7 nitrogen and oxygen atoms in total. The van der Waals surface area contributed by atoms with Gasteiger partial charge in [0.2, 0.25) is 5.91 Å². The van der Waals surface area contributed by atoms with Gasteiger partial charge in [-0.25, -0.2) is 4.79 Å². The number of rotatable bonds is 7. The molecule has 126 valence electrons. The molecule has 0 bridgehead atoms. The lowest BCUT2D eigenvalue weighted by atomic mass is 10.3. The minimum atomic E-state index is -0.251. The van der Waals surface area contributed by atoms with E-state index in [0.29, 0.717) is 6.54 Å². The molecule has 7 heteroatoms. The Labute approximate surface area is 132 Å². The van der Waals surface area contributed by atoms with Crippen molar-refractivity contribution in [2.45, 2.75) is 25.7 Å². The van der Waals surface area contributed by atoms with E-state index < -0.39 is 0 Å². The molecule has 2 N–H and O–H groups in total. The van der Waals surface area contributed by atoms with Gasteiger partial charge >= 0.3 is 6.03 Å². The number of hydrogen-bond donors (Lipinski definition) is 2. The zero-order valence-electron chi connectivity index (χ0n) is 13.3. The maximum absolute atomic E-state index is 11.8. The van der Waals surface area contributed by atoms with Crippen molar-refractivity contribution < 1.29 is 14.3 Å². The first kappa shape index (κ1) is 17.0. The molecule has 0 spiro atoms. The van der Waals surface area contributed by atoms with E-state index in [4.69, 9.17) is 4.74 Å². The lowest BCUT2D eigenvalue weighted by Crippen LogP contribution is -2.43. The number of likely N-dealkylation sites (tertiary alicyclic amines) is 1. The van der Waals surface area contributed by atoms with E-state index in [0.717, 1.165) is 71.6 Å². The molecule has 2 rings (SSSR count). The normalized spacial score (nSPS) is 19.2. The molecule has 2 heterocycles. The molecule has 0 aliphatic carbocycles. The summed E-state index contributed by atoms with van der Waals surface area (Å²) in [6.07, 6.45) is 4.15. The SMILES string of the molecule is O=C(NCCCCN1CCOCC1)NCC(=O)N1CCCC1. The second-order valence-corrected chi connectivity index (χ2v) is 5.86. The highest BCUT2D eigenvalue weighted by atomic mass is 16.5. The van der Waals surface area contributed by atoms with E-state index in [9.17, 15) is 9.59 Å². The molecule has 3 amide bonds. The van der Waals surface area contributed by atoms with Crippen LogP contribution in [-0.4, -0.2) is 80.8 Å². The van der Waals surface area contributed by atoms with Crippen LogP contribution in [0.1, 0.15) is 25.7 Å². The van der Waals surface area contributed by atoms with Gasteiger partial charge in [-0.15, -0.1) is 0 Å². The third kappa shape index (κ3) is 6.19. The van der Waals surface area contributed by atoms with Gasteiger partial charge in [0.15, 0.2) is 0 Å². The lowest BCUT2D eigenvalue weighted by Gasteiger charge is -2.26. The molecule has 2 aliphatic heterocycles. The summed E-state index contributed by atoms with van der Waals surface area (Å²) in [4.78, 5) is 27.6.